The van der Waals surface area contributed by atoms with E-state index in [9.17, 15) is 0 Å². The van der Waals surface area contributed by atoms with Crippen LogP contribution in [-0.2, 0) is 5.41 Å². The Hall–Kier alpha value is -1.07. The molecule has 2 aliphatic rings. The predicted octanol–water partition coefficient (Wildman–Crippen LogP) is 3.46. The fourth-order valence-corrected chi connectivity index (χ4v) is 5.46. The number of hydrogen-bond acceptors (Lipinski definition) is 3. The Morgan fingerprint density at radius 2 is 2.12 bits per heavy atom. The van der Waals surface area contributed by atoms with E-state index in [0.717, 1.165) is 25.0 Å². The SMILES string of the molecule is CN=C(NCC1CCCN(C)C1)NCC1(c2cccs2)CCCCC1. The van der Waals surface area contributed by atoms with Crippen molar-refractivity contribution in [3.05, 3.63) is 22.4 Å². The van der Waals surface area contributed by atoms with Crippen LogP contribution in [0.3, 0.4) is 0 Å². The van der Waals surface area contributed by atoms with Gasteiger partial charge < -0.3 is 15.5 Å². The fraction of sp³-hybridized carbons (Fsp3) is 0.750. The third kappa shape index (κ3) is 4.98. The minimum absolute atomic E-state index is 0.301. The van der Waals surface area contributed by atoms with Gasteiger partial charge in [-0.15, -0.1) is 11.3 Å². The number of guanidine groups is 1. The van der Waals surface area contributed by atoms with E-state index in [0.29, 0.717) is 5.41 Å². The quantitative estimate of drug-likeness (QED) is 0.622. The standard InChI is InChI=1S/C20H34N4S/c1-21-19(22-14-17-8-6-12-24(2)15-17)23-16-20(10-4-3-5-11-20)18-9-7-13-25-18/h7,9,13,17H,3-6,8,10-12,14-16H2,1-2H3,(H2,21,22,23). The molecule has 3 rings (SSSR count). The summed E-state index contributed by atoms with van der Waals surface area (Å²) in [6.07, 6.45) is 9.31. The van der Waals surface area contributed by atoms with Crippen LogP contribution in [0.25, 0.3) is 0 Å². The molecule has 1 aromatic rings. The molecular formula is C20H34N4S. The maximum absolute atomic E-state index is 4.47. The summed E-state index contributed by atoms with van der Waals surface area (Å²) in [4.78, 5) is 8.46. The third-order valence-corrected chi connectivity index (χ3v) is 7.07. The zero-order chi connectivity index (χ0) is 17.5. The molecule has 1 aliphatic heterocycles. The first kappa shape index (κ1) is 18.7. The van der Waals surface area contributed by atoms with Crippen LogP contribution in [0.4, 0.5) is 0 Å². The lowest BCUT2D eigenvalue weighted by atomic mass is 9.73. The van der Waals surface area contributed by atoms with E-state index < -0.39 is 0 Å². The van der Waals surface area contributed by atoms with Crippen LogP contribution >= 0.6 is 11.3 Å². The van der Waals surface area contributed by atoms with E-state index in [1.54, 1.807) is 4.88 Å². The molecule has 2 heterocycles. The Balaban J connectivity index is 1.54. The summed E-state index contributed by atoms with van der Waals surface area (Å²) in [6, 6.07) is 4.52. The van der Waals surface area contributed by atoms with Gasteiger partial charge in [0.15, 0.2) is 5.96 Å². The normalized spacial score (nSPS) is 24.9. The Bertz CT molecular complexity index is 534. The average Bonchev–Trinajstić information content (AvgIpc) is 3.18. The van der Waals surface area contributed by atoms with Crippen LogP contribution in [0.15, 0.2) is 22.5 Å². The summed E-state index contributed by atoms with van der Waals surface area (Å²) in [5.41, 5.74) is 0.301. The maximum atomic E-state index is 4.47. The lowest BCUT2D eigenvalue weighted by Gasteiger charge is -2.37. The van der Waals surface area contributed by atoms with Crippen LogP contribution in [0.2, 0.25) is 0 Å². The highest BCUT2D eigenvalue weighted by molar-refractivity contribution is 7.10. The number of rotatable bonds is 5. The second kappa shape index (κ2) is 9.04. The lowest BCUT2D eigenvalue weighted by molar-refractivity contribution is 0.210. The van der Waals surface area contributed by atoms with E-state index in [4.69, 9.17) is 0 Å². The molecule has 2 N–H and O–H groups in total. The molecule has 0 amide bonds. The zero-order valence-electron chi connectivity index (χ0n) is 15.9. The van der Waals surface area contributed by atoms with Crippen molar-refractivity contribution in [1.82, 2.24) is 15.5 Å². The van der Waals surface area contributed by atoms with E-state index in [-0.39, 0.29) is 0 Å². The van der Waals surface area contributed by atoms with Gasteiger partial charge in [-0.3, -0.25) is 4.99 Å². The summed E-state index contributed by atoms with van der Waals surface area (Å²) in [6.45, 7) is 4.46. The Kier molecular flexibility index (Phi) is 6.77. The largest absolute Gasteiger partial charge is 0.356 e. The number of piperidine rings is 1. The van der Waals surface area contributed by atoms with Gasteiger partial charge in [0.2, 0.25) is 0 Å². The van der Waals surface area contributed by atoms with Crippen LogP contribution in [0.1, 0.15) is 49.8 Å². The Labute approximate surface area is 157 Å². The second-order valence-electron chi connectivity index (χ2n) is 7.90. The molecule has 0 bridgehead atoms. The predicted molar refractivity (Wildman–Crippen MR) is 109 cm³/mol. The van der Waals surface area contributed by atoms with Gasteiger partial charge in [0.25, 0.3) is 0 Å². The van der Waals surface area contributed by atoms with Crippen LogP contribution < -0.4 is 10.6 Å². The third-order valence-electron chi connectivity index (χ3n) is 5.95. The number of likely N-dealkylation sites (tertiary alicyclic amines) is 1. The zero-order valence-corrected chi connectivity index (χ0v) is 16.7. The topological polar surface area (TPSA) is 39.7 Å². The maximum Gasteiger partial charge on any atom is 0.191 e. The van der Waals surface area contributed by atoms with E-state index in [1.165, 1.54) is 58.0 Å². The molecule has 2 fully saturated rings. The van der Waals surface area contributed by atoms with Crippen molar-refractivity contribution in [1.29, 1.82) is 0 Å². The molecule has 25 heavy (non-hydrogen) atoms. The van der Waals surface area contributed by atoms with Gasteiger partial charge in [0, 0.05) is 37.0 Å². The average molecular weight is 363 g/mol. The van der Waals surface area contributed by atoms with Crippen LogP contribution in [0.5, 0.6) is 0 Å². The molecule has 140 valence electrons. The van der Waals surface area contributed by atoms with Crippen molar-refractivity contribution >= 4 is 17.3 Å². The minimum atomic E-state index is 0.301. The number of nitrogens with zero attached hydrogens (tertiary/aromatic N) is 2. The minimum Gasteiger partial charge on any atom is -0.356 e. The highest BCUT2D eigenvalue weighted by Gasteiger charge is 2.34. The molecule has 0 aromatic carbocycles. The van der Waals surface area contributed by atoms with Gasteiger partial charge in [-0.05, 0) is 56.6 Å². The van der Waals surface area contributed by atoms with E-state index in [2.05, 4.69) is 45.1 Å². The molecule has 1 aromatic heterocycles. The van der Waals surface area contributed by atoms with Crippen LogP contribution in [-0.4, -0.2) is 51.1 Å². The molecule has 5 heteroatoms. The van der Waals surface area contributed by atoms with Crippen molar-refractivity contribution in [3.8, 4) is 0 Å². The lowest BCUT2D eigenvalue weighted by Crippen LogP contribution is -2.48. The van der Waals surface area contributed by atoms with Gasteiger partial charge in [-0.1, -0.05) is 25.3 Å². The molecular weight excluding hydrogens is 328 g/mol. The number of aliphatic imine (C=N–C) groups is 1. The van der Waals surface area contributed by atoms with Crippen molar-refractivity contribution in [2.45, 2.75) is 50.4 Å². The first-order valence-corrected chi connectivity index (χ1v) is 10.8. The van der Waals surface area contributed by atoms with Gasteiger partial charge >= 0.3 is 0 Å². The summed E-state index contributed by atoms with van der Waals surface area (Å²) in [5.74, 6) is 1.70. The first-order chi connectivity index (χ1) is 12.2. The monoisotopic (exact) mass is 362 g/mol. The van der Waals surface area contributed by atoms with Gasteiger partial charge in [0.05, 0.1) is 0 Å². The van der Waals surface area contributed by atoms with Crippen molar-refractivity contribution < 1.29 is 0 Å². The van der Waals surface area contributed by atoms with Gasteiger partial charge in [0.1, 0.15) is 0 Å². The summed E-state index contributed by atoms with van der Waals surface area (Å²) < 4.78 is 0. The van der Waals surface area contributed by atoms with Crippen LogP contribution in [0, 0.1) is 5.92 Å². The number of nitrogens with one attached hydrogen (secondary N) is 2. The molecule has 1 atom stereocenters. The molecule has 1 saturated carbocycles. The Morgan fingerprint density at radius 1 is 1.28 bits per heavy atom. The fourth-order valence-electron chi connectivity index (χ4n) is 4.47. The van der Waals surface area contributed by atoms with E-state index >= 15 is 0 Å². The highest BCUT2D eigenvalue weighted by atomic mass is 32.1. The highest BCUT2D eigenvalue weighted by Crippen LogP contribution is 2.41. The number of hydrogen-bond donors (Lipinski definition) is 2. The smallest absolute Gasteiger partial charge is 0.191 e. The van der Waals surface area contributed by atoms with Crippen molar-refractivity contribution in [2.24, 2.45) is 10.9 Å². The second-order valence-corrected chi connectivity index (χ2v) is 8.84. The first-order valence-electron chi connectivity index (χ1n) is 9.89. The summed E-state index contributed by atoms with van der Waals surface area (Å²) >= 11 is 1.92. The molecule has 0 radical (unpaired) electrons. The molecule has 1 unspecified atom stereocenters. The van der Waals surface area contributed by atoms with Gasteiger partial charge in [-0.25, -0.2) is 0 Å². The van der Waals surface area contributed by atoms with Gasteiger partial charge in [-0.2, -0.15) is 0 Å². The molecule has 1 aliphatic carbocycles. The molecule has 0 spiro atoms. The van der Waals surface area contributed by atoms with Crippen molar-refractivity contribution in [3.63, 3.8) is 0 Å². The van der Waals surface area contributed by atoms with E-state index in [1.807, 2.05) is 18.4 Å². The Morgan fingerprint density at radius 3 is 2.80 bits per heavy atom. The molecule has 1 saturated heterocycles. The summed E-state index contributed by atoms with van der Waals surface area (Å²) in [5, 5.41) is 9.45. The molecule has 4 nitrogen and oxygen atoms in total. The summed E-state index contributed by atoms with van der Waals surface area (Å²) in [7, 11) is 4.12. The van der Waals surface area contributed by atoms with Crippen molar-refractivity contribution in [2.75, 3.05) is 40.3 Å². The number of thiophene rings is 1.